The molecular formula is C36H56O11. The molecule has 47 heavy (non-hydrogen) atoms. The van der Waals surface area contributed by atoms with Crippen LogP contribution in [0.1, 0.15) is 92.4 Å². The van der Waals surface area contributed by atoms with Gasteiger partial charge >= 0.3 is 11.9 Å². The summed E-state index contributed by atoms with van der Waals surface area (Å²) in [5.74, 6) is -1.29. The number of rotatable bonds is 5. The molecule has 6 N–H and O–H groups in total. The summed E-state index contributed by atoms with van der Waals surface area (Å²) in [5, 5.41) is 64.3. The van der Waals surface area contributed by atoms with Crippen LogP contribution >= 0.6 is 0 Å². The molecule has 0 spiro atoms. The lowest BCUT2D eigenvalue weighted by atomic mass is 9.33. The van der Waals surface area contributed by atoms with Gasteiger partial charge in [0.25, 0.3) is 0 Å². The number of carbonyl (C=O) groups is 2. The Hall–Kier alpha value is -1.60. The van der Waals surface area contributed by atoms with E-state index < -0.39 is 64.4 Å². The first kappa shape index (κ1) is 35.2. The lowest BCUT2D eigenvalue weighted by Gasteiger charge is -2.71. The highest BCUT2D eigenvalue weighted by Crippen LogP contribution is 2.76. The standard InChI is InChI=1S/C36H56O11/c1-31(30(44)45-6)11-13-36(29(42)43)14-12-34(4)19(20(36)15-31)7-8-24-32(2)16-21(38)27(47-28-26(41)25(40)22(39)17-46-28)33(3,18-37)23(32)9-10-35(24,34)5/h7,20-28,37-41H,8-18H2,1-6H3,(H,42,43)/t20-,21-,22-,23+,24+,25-,26-,27-,28-,31+,32+,33+,34+,35+,36-/m0/s1. The Kier molecular flexibility index (Phi) is 8.60. The molecule has 1 saturated heterocycles. The SMILES string of the molecule is COC(=O)[C@]1(C)CC[C@]2(C(=O)O)CC[C@]3(C)C(=CC[C@@H]4[C@]5(C)C[C@H](O)[C@H](O[C@@H]6OC[C@H](O)[C@H](O)[C@@H]6O)[C@](C)(CO)[C@@H]5CC[C@]43C)[C@@H]2C1. The van der Waals surface area contributed by atoms with E-state index in [1.165, 1.54) is 7.11 Å². The molecule has 5 fully saturated rings. The van der Waals surface area contributed by atoms with Crippen LogP contribution in [0.4, 0.5) is 0 Å². The van der Waals surface area contributed by atoms with Crippen LogP contribution in [0.3, 0.4) is 0 Å². The number of hydrogen-bond acceptors (Lipinski definition) is 10. The fourth-order valence-corrected chi connectivity index (χ4v) is 12.3. The highest BCUT2D eigenvalue weighted by atomic mass is 16.7. The predicted molar refractivity (Wildman–Crippen MR) is 168 cm³/mol. The number of hydrogen-bond donors (Lipinski definition) is 6. The van der Waals surface area contributed by atoms with E-state index >= 15 is 0 Å². The molecule has 0 radical (unpaired) electrons. The number of carboxylic acid groups (broad SMARTS) is 1. The van der Waals surface area contributed by atoms with Gasteiger partial charge < -0.3 is 44.8 Å². The molecule has 5 aliphatic carbocycles. The monoisotopic (exact) mass is 664 g/mol. The summed E-state index contributed by atoms with van der Waals surface area (Å²) in [6.07, 6.45) is 0.204. The maximum absolute atomic E-state index is 13.1. The number of methoxy groups -OCH3 is 1. The highest BCUT2D eigenvalue weighted by molar-refractivity contribution is 5.80. The third-order valence-electron chi connectivity index (χ3n) is 15.3. The molecule has 0 amide bonds. The first-order chi connectivity index (χ1) is 21.9. The van der Waals surface area contributed by atoms with Crippen molar-refractivity contribution in [2.24, 2.45) is 50.2 Å². The Balaban J connectivity index is 1.35. The summed E-state index contributed by atoms with van der Waals surface area (Å²) in [6, 6.07) is 0. The summed E-state index contributed by atoms with van der Waals surface area (Å²) >= 11 is 0. The fraction of sp³-hybridized carbons (Fsp3) is 0.889. The smallest absolute Gasteiger partial charge is 0.311 e. The van der Waals surface area contributed by atoms with Crippen molar-refractivity contribution in [3.05, 3.63) is 11.6 Å². The van der Waals surface area contributed by atoms with Crippen molar-refractivity contribution in [2.45, 2.75) is 129 Å². The third-order valence-corrected chi connectivity index (χ3v) is 15.3. The van der Waals surface area contributed by atoms with Gasteiger partial charge in [0.2, 0.25) is 0 Å². The van der Waals surface area contributed by atoms with E-state index in [0.29, 0.717) is 38.5 Å². The zero-order chi connectivity index (χ0) is 34.5. The van der Waals surface area contributed by atoms with Gasteiger partial charge in [-0.15, -0.1) is 0 Å². The van der Waals surface area contributed by atoms with Crippen LogP contribution in [-0.4, -0.2) is 99.7 Å². The summed E-state index contributed by atoms with van der Waals surface area (Å²) in [7, 11) is 1.40. The topological polar surface area (TPSA) is 183 Å². The number of esters is 1. The zero-order valence-corrected chi connectivity index (χ0v) is 28.8. The number of carbonyl (C=O) groups excluding carboxylic acids is 1. The summed E-state index contributed by atoms with van der Waals surface area (Å²) in [5.41, 5.74) is -2.39. The van der Waals surface area contributed by atoms with E-state index in [-0.39, 0.29) is 47.8 Å². The van der Waals surface area contributed by atoms with Gasteiger partial charge in [0.1, 0.15) is 18.3 Å². The number of fused-ring (bicyclic) bond motifs is 7. The summed E-state index contributed by atoms with van der Waals surface area (Å²) in [6.45, 7) is 10.2. The van der Waals surface area contributed by atoms with Crippen molar-refractivity contribution in [2.75, 3.05) is 20.3 Å². The van der Waals surface area contributed by atoms with E-state index in [4.69, 9.17) is 14.2 Å². The Labute approximate surface area is 277 Å². The Morgan fingerprint density at radius 1 is 0.915 bits per heavy atom. The highest BCUT2D eigenvalue weighted by Gasteiger charge is 2.71. The predicted octanol–water partition coefficient (Wildman–Crippen LogP) is 2.79. The normalized spacial score (nSPS) is 54.2. The molecule has 1 heterocycles. The molecule has 0 aromatic rings. The van der Waals surface area contributed by atoms with Gasteiger partial charge in [-0.25, -0.2) is 0 Å². The fourth-order valence-electron chi connectivity index (χ4n) is 12.3. The number of allylic oxidation sites excluding steroid dienone is 2. The maximum atomic E-state index is 13.1. The lowest BCUT2D eigenvalue weighted by molar-refractivity contribution is -0.328. The van der Waals surface area contributed by atoms with Crippen LogP contribution < -0.4 is 0 Å². The van der Waals surface area contributed by atoms with E-state index in [0.717, 1.165) is 24.8 Å². The quantitative estimate of drug-likeness (QED) is 0.144. The molecule has 0 aromatic carbocycles. The molecule has 0 aromatic heterocycles. The van der Waals surface area contributed by atoms with E-state index in [1.54, 1.807) is 0 Å². The molecule has 266 valence electrons. The zero-order valence-electron chi connectivity index (χ0n) is 28.8. The number of carboxylic acids is 1. The van der Waals surface area contributed by atoms with Crippen LogP contribution in [-0.2, 0) is 23.8 Å². The largest absolute Gasteiger partial charge is 0.481 e. The summed E-state index contributed by atoms with van der Waals surface area (Å²) < 4.78 is 17.0. The van der Waals surface area contributed by atoms with Crippen LogP contribution in [0.2, 0.25) is 0 Å². The number of aliphatic carboxylic acids is 1. The van der Waals surface area contributed by atoms with Crippen LogP contribution in [0.15, 0.2) is 11.6 Å². The van der Waals surface area contributed by atoms with Crippen molar-refractivity contribution in [3.8, 4) is 0 Å². The van der Waals surface area contributed by atoms with Crippen LogP contribution in [0, 0.1) is 50.2 Å². The molecule has 4 saturated carbocycles. The molecule has 6 aliphatic rings. The molecular weight excluding hydrogens is 608 g/mol. The van der Waals surface area contributed by atoms with E-state index in [1.807, 2.05) is 13.8 Å². The molecule has 11 nitrogen and oxygen atoms in total. The van der Waals surface area contributed by atoms with Crippen molar-refractivity contribution in [3.63, 3.8) is 0 Å². The summed E-state index contributed by atoms with van der Waals surface area (Å²) in [4.78, 5) is 26.1. The Morgan fingerprint density at radius 3 is 2.23 bits per heavy atom. The first-order valence-electron chi connectivity index (χ1n) is 17.5. The van der Waals surface area contributed by atoms with Gasteiger partial charge in [0.05, 0.1) is 43.4 Å². The van der Waals surface area contributed by atoms with Crippen molar-refractivity contribution in [1.29, 1.82) is 0 Å². The minimum Gasteiger partial charge on any atom is -0.481 e. The Bertz CT molecular complexity index is 1300. The minimum atomic E-state index is -1.51. The van der Waals surface area contributed by atoms with Crippen molar-refractivity contribution < 1.29 is 54.4 Å². The molecule has 11 heteroatoms. The first-order valence-corrected chi connectivity index (χ1v) is 17.5. The maximum Gasteiger partial charge on any atom is 0.311 e. The van der Waals surface area contributed by atoms with Crippen LogP contribution in [0.5, 0.6) is 0 Å². The Morgan fingerprint density at radius 2 is 1.60 bits per heavy atom. The molecule has 15 atom stereocenters. The van der Waals surface area contributed by atoms with Gasteiger partial charge in [0.15, 0.2) is 6.29 Å². The van der Waals surface area contributed by atoms with E-state index in [2.05, 4.69) is 26.8 Å². The molecule has 6 rings (SSSR count). The van der Waals surface area contributed by atoms with Gasteiger partial charge in [-0.3, -0.25) is 9.59 Å². The number of aliphatic hydroxyl groups is 5. The number of ether oxygens (including phenoxy) is 3. The second kappa shape index (κ2) is 11.5. The van der Waals surface area contributed by atoms with Crippen molar-refractivity contribution in [1.82, 2.24) is 0 Å². The van der Waals surface area contributed by atoms with Gasteiger partial charge in [0, 0.05) is 5.41 Å². The number of aliphatic hydroxyl groups excluding tert-OH is 5. The van der Waals surface area contributed by atoms with E-state index in [9.17, 15) is 40.2 Å². The average molecular weight is 665 g/mol. The van der Waals surface area contributed by atoms with Crippen LogP contribution in [0.25, 0.3) is 0 Å². The lowest BCUT2D eigenvalue weighted by Crippen LogP contribution is -2.69. The van der Waals surface area contributed by atoms with Crippen molar-refractivity contribution >= 4 is 11.9 Å². The average Bonchev–Trinajstić information content (AvgIpc) is 3.02. The van der Waals surface area contributed by atoms with Gasteiger partial charge in [-0.05, 0) is 98.7 Å². The molecule has 0 unspecified atom stereocenters. The van der Waals surface area contributed by atoms with Gasteiger partial charge in [-0.2, -0.15) is 0 Å². The minimum absolute atomic E-state index is 0.0553. The second-order valence-corrected chi connectivity index (χ2v) is 17.3. The second-order valence-electron chi connectivity index (χ2n) is 17.3. The van der Waals surface area contributed by atoms with Gasteiger partial charge in [-0.1, -0.05) is 39.3 Å². The molecule has 1 aliphatic heterocycles. The molecule has 0 bridgehead atoms. The third kappa shape index (κ3) is 4.69.